The molecule has 0 radical (unpaired) electrons. The van der Waals surface area contributed by atoms with Gasteiger partial charge in [0.15, 0.2) is 0 Å². The van der Waals surface area contributed by atoms with Crippen molar-refractivity contribution in [1.29, 1.82) is 0 Å². The SMILES string of the molecule is CC(C)n1cc(S(=O)(=O)Cl)cc1C(=O)NCC(C)(C)C. The molecule has 20 heavy (non-hydrogen) atoms. The van der Waals surface area contributed by atoms with E-state index < -0.39 is 9.05 Å². The van der Waals surface area contributed by atoms with Gasteiger partial charge in [0.05, 0.1) is 0 Å². The van der Waals surface area contributed by atoms with Crippen LogP contribution in [0.5, 0.6) is 0 Å². The van der Waals surface area contributed by atoms with Gasteiger partial charge in [0.2, 0.25) is 0 Å². The second kappa shape index (κ2) is 5.77. The van der Waals surface area contributed by atoms with Crippen molar-refractivity contribution in [2.45, 2.75) is 45.6 Å². The first-order valence-corrected chi connectivity index (χ1v) is 8.67. The van der Waals surface area contributed by atoms with Crippen LogP contribution in [-0.2, 0) is 9.05 Å². The molecular formula is C13H21ClN2O3S. The Kier molecular flexibility index (Phi) is 4.92. The van der Waals surface area contributed by atoms with Crippen LogP contribution in [0.4, 0.5) is 0 Å². The van der Waals surface area contributed by atoms with Gasteiger partial charge < -0.3 is 9.88 Å². The molecule has 0 aliphatic heterocycles. The number of nitrogens with zero attached hydrogens (tertiary/aromatic N) is 1. The Balaban J connectivity index is 3.10. The standard InChI is InChI=1S/C13H21ClN2O3S/c1-9(2)16-7-10(20(14,18)19)6-11(16)12(17)15-8-13(3,4)5/h6-7,9H,8H2,1-5H3,(H,15,17). The number of amides is 1. The largest absolute Gasteiger partial charge is 0.350 e. The molecule has 0 aromatic carbocycles. The van der Waals surface area contributed by atoms with Crippen molar-refractivity contribution >= 4 is 25.6 Å². The summed E-state index contributed by atoms with van der Waals surface area (Å²) in [6.45, 7) is 10.2. The summed E-state index contributed by atoms with van der Waals surface area (Å²) >= 11 is 0. The van der Waals surface area contributed by atoms with Crippen molar-refractivity contribution < 1.29 is 13.2 Å². The Morgan fingerprint density at radius 1 is 1.40 bits per heavy atom. The van der Waals surface area contributed by atoms with E-state index in [1.807, 2.05) is 34.6 Å². The molecule has 1 aromatic heterocycles. The number of hydrogen-bond acceptors (Lipinski definition) is 3. The summed E-state index contributed by atoms with van der Waals surface area (Å²) in [4.78, 5) is 12.1. The summed E-state index contributed by atoms with van der Waals surface area (Å²) in [6, 6.07) is 1.26. The number of carbonyl (C=O) groups is 1. The molecule has 1 heterocycles. The lowest BCUT2D eigenvalue weighted by Crippen LogP contribution is -2.33. The van der Waals surface area contributed by atoms with E-state index in [-0.39, 0.29) is 22.3 Å². The lowest BCUT2D eigenvalue weighted by Gasteiger charge is -2.19. The van der Waals surface area contributed by atoms with Gasteiger partial charge >= 0.3 is 0 Å². The molecule has 5 nitrogen and oxygen atoms in total. The fourth-order valence-electron chi connectivity index (χ4n) is 1.63. The van der Waals surface area contributed by atoms with Crippen LogP contribution in [0.15, 0.2) is 17.2 Å². The van der Waals surface area contributed by atoms with Crippen LogP contribution in [0.25, 0.3) is 0 Å². The average molecular weight is 321 g/mol. The van der Waals surface area contributed by atoms with Gasteiger partial charge in [0.25, 0.3) is 15.0 Å². The Morgan fingerprint density at radius 3 is 2.35 bits per heavy atom. The molecule has 0 aliphatic rings. The summed E-state index contributed by atoms with van der Waals surface area (Å²) in [7, 11) is 1.49. The lowest BCUT2D eigenvalue weighted by molar-refractivity contribution is 0.0928. The van der Waals surface area contributed by atoms with E-state index in [9.17, 15) is 13.2 Å². The minimum atomic E-state index is -3.84. The van der Waals surface area contributed by atoms with Gasteiger partial charge in [-0.05, 0) is 25.3 Å². The Labute approximate surface area is 124 Å². The van der Waals surface area contributed by atoms with Crippen LogP contribution in [0.3, 0.4) is 0 Å². The van der Waals surface area contributed by atoms with E-state index in [2.05, 4.69) is 5.32 Å². The summed E-state index contributed by atoms with van der Waals surface area (Å²) < 4.78 is 24.4. The molecule has 114 valence electrons. The van der Waals surface area contributed by atoms with Crippen molar-refractivity contribution in [1.82, 2.24) is 9.88 Å². The lowest BCUT2D eigenvalue weighted by atomic mass is 9.97. The van der Waals surface area contributed by atoms with Crippen molar-refractivity contribution in [2.75, 3.05) is 6.54 Å². The molecule has 0 saturated heterocycles. The van der Waals surface area contributed by atoms with Gasteiger partial charge in [0.1, 0.15) is 10.6 Å². The summed E-state index contributed by atoms with van der Waals surface area (Å²) in [5, 5.41) is 2.80. The van der Waals surface area contributed by atoms with Gasteiger partial charge in [-0.25, -0.2) is 8.42 Å². The predicted octanol–water partition coefficient (Wildman–Crippen LogP) is 2.77. The Bertz CT molecular complexity index is 598. The second-order valence-electron chi connectivity index (χ2n) is 6.24. The highest BCUT2D eigenvalue weighted by atomic mass is 35.7. The maximum Gasteiger partial charge on any atom is 0.267 e. The second-order valence-corrected chi connectivity index (χ2v) is 8.81. The van der Waals surface area contributed by atoms with E-state index >= 15 is 0 Å². The molecule has 1 aromatic rings. The average Bonchev–Trinajstić information content (AvgIpc) is 2.69. The number of halogens is 1. The molecule has 0 aliphatic carbocycles. The number of carbonyl (C=O) groups excluding carboxylic acids is 1. The quantitative estimate of drug-likeness (QED) is 0.867. The number of hydrogen-bond donors (Lipinski definition) is 1. The van der Waals surface area contributed by atoms with Crippen LogP contribution in [0.1, 0.15) is 51.1 Å². The molecule has 0 spiro atoms. The van der Waals surface area contributed by atoms with E-state index in [0.717, 1.165) is 0 Å². The molecule has 0 saturated carbocycles. The molecule has 0 unspecified atom stereocenters. The van der Waals surface area contributed by atoms with Gasteiger partial charge in [-0.1, -0.05) is 20.8 Å². The predicted molar refractivity (Wildman–Crippen MR) is 79.6 cm³/mol. The fourth-order valence-corrected chi connectivity index (χ4v) is 2.38. The van der Waals surface area contributed by atoms with Crippen LogP contribution in [0.2, 0.25) is 0 Å². The molecule has 1 N–H and O–H groups in total. The van der Waals surface area contributed by atoms with Gasteiger partial charge in [-0.15, -0.1) is 0 Å². The zero-order valence-electron chi connectivity index (χ0n) is 12.4. The maximum atomic E-state index is 12.2. The fraction of sp³-hybridized carbons (Fsp3) is 0.615. The third kappa shape index (κ3) is 4.52. The first-order chi connectivity index (χ1) is 8.92. The normalized spacial score (nSPS) is 12.8. The van der Waals surface area contributed by atoms with Crippen molar-refractivity contribution in [3.63, 3.8) is 0 Å². The maximum absolute atomic E-state index is 12.2. The molecule has 0 bridgehead atoms. The van der Waals surface area contributed by atoms with Crippen LogP contribution in [-0.4, -0.2) is 25.4 Å². The van der Waals surface area contributed by atoms with Crippen molar-refractivity contribution in [3.8, 4) is 0 Å². The van der Waals surface area contributed by atoms with Gasteiger partial charge in [0, 0.05) is 29.5 Å². The molecule has 1 amide bonds. The van der Waals surface area contributed by atoms with Crippen LogP contribution >= 0.6 is 10.7 Å². The highest BCUT2D eigenvalue weighted by Gasteiger charge is 2.22. The van der Waals surface area contributed by atoms with Gasteiger partial charge in [-0.3, -0.25) is 4.79 Å². The van der Waals surface area contributed by atoms with E-state index in [0.29, 0.717) is 12.2 Å². The van der Waals surface area contributed by atoms with Crippen LogP contribution in [0, 0.1) is 5.41 Å². The van der Waals surface area contributed by atoms with E-state index in [4.69, 9.17) is 10.7 Å². The van der Waals surface area contributed by atoms with Crippen LogP contribution < -0.4 is 5.32 Å². The zero-order chi connectivity index (χ0) is 15.7. The van der Waals surface area contributed by atoms with Crippen molar-refractivity contribution in [3.05, 3.63) is 18.0 Å². The zero-order valence-corrected chi connectivity index (χ0v) is 14.0. The molecule has 0 fully saturated rings. The smallest absolute Gasteiger partial charge is 0.267 e. The topological polar surface area (TPSA) is 68.2 Å². The van der Waals surface area contributed by atoms with E-state index in [1.165, 1.54) is 12.3 Å². The first kappa shape index (κ1) is 17.0. The van der Waals surface area contributed by atoms with Gasteiger partial charge in [-0.2, -0.15) is 0 Å². The molecule has 7 heteroatoms. The first-order valence-electron chi connectivity index (χ1n) is 6.36. The molecular weight excluding hydrogens is 300 g/mol. The Hall–Kier alpha value is -1.01. The minimum Gasteiger partial charge on any atom is -0.350 e. The summed E-state index contributed by atoms with van der Waals surface area (Å²) in [5.41, 5.74) is 0.246. The molecule has 0 atom stereocenters. The summed E-state index contributed by atoms with van der Waals surface area (Å²) in [5.74, 6) is -0.305. The number of rotatable bonds is 4. The highest BCUT2D eigenvalue weighted by Crippen LogP contribution is 2.22. The minimum absolute atomic E-state index is 0.0439. The number of nitrogens with one attached hydrogen (secondary N) is 1. The summed E-state index contributed by atoms with van der Waals surface area (Å²) in [6.07, 6.45) is 1.39. The van der Waals surface area contributed by atoms with E-state index in [1.54, 1.807) is 4.57 Å². The third-order valence-corrected chi connectivity index (χ3v) is 3.99. The third-order valence-electron chi connectivity index (χ3n) is 2.67. The van der Waals surface area contributed by atoms with Crippen molar-refractivity contribution in [2.24, 2.45) is 5.41 Å². The number of aromatic nitrogens is 1. The highest BCUT2D eigenvalue weighted by molar-refractivity contribution is 8.13. The molecule has 1 rings (SSSR count). The monoisotopic (exact) mass is 320 g/mol. The Morgan fingerprint density at radius 2 is 1.95 bits per heavy atom.